The molecule has 132 valence electrons. The molecule has 0 aliphatic heterocycles. The van der Waals surface area contributed by atoms with Gasteiger partial charge in [-0.2, -0.15) is 0 Å². The Morgan fingerprint density at radius 1 is 1.20 bits per heavy atom. The fourth-order valence-electron chi connectivity index (χ4n) is 1.88. The van der Waals surface area contributed by atoms with Gasteiger partial charge in [0, 0.05) is 16.8 Å². The Hall–Kier alpha value is -2.44. The molecular weight excluding hydrogens is 367 g/mol. The van der Waals surface area contributed by atoms with Crippen LogP contribution in [0.15, 0.2) is 42.5 Å². The van der Waals surface area contributed by atoms with Crippen LogP contribution in [0.4, 0.5) is 5.69 Å². The van der Waals surface area contributed by atoms with Gasteiger partial charge in [-0.25, -0.2) is 0 Å². The van der Waals surface area contributed by atoms with Crippen molar-refractivity contribution in [2.75, 3.05) is 11.9 Å². The summed E-state index contributed by atoms with van der Waals surface area (Å²) < 4.78 is 10.7. The molecule has 2 amide bonds. The number of benzene rings is 2. The van der Waals surface area contributed by atoms with Crippen LogP contribution in [-0.4, -0.2) is 24.5 Å². The smallest absolute Gasteiger partial charge is 0.265 e. The second kappa shape index (κ2) is 8.60. The van der Waals surface area contributed by atoms with Gasteiger partial charge in [0.15, 0.2) is 12.7 Å². The van der Waals surface area contributed by atoms with Gasteiger partial charge in [0.05, 0.1) is 5.02 Å². The number of primary amides is 1. The van der Waals surface area contributed by atoms with E-state index in [2.05, 4.69) is 5.32 Å². The summed E-state index contributed by atoms with van der Waals surface area (Å²) in [6.45, 7) is 1.35. The zero-order chi connectivity index (χ0) is 18.4. The number of carbonyl (C=O) groups excluding carboxylic acids is 2. The fraction of sp³-hybridized carbons (Fsp3) is 0.176. The second-order valence-electron chi connectivity index (χ2n) is 5.11. The van der Waals surface area contributed by atoms with Gasteiger partial charge in [-0.05, 0) is 37.3 Å². The van der Waals surface area contributed by atoms with Crippen molar-refractivity contribution in [1.82, 2.24) is 0 Å². The highest BCUT2D eigenvalue weighted by Crippen LogP contribution is 2.28. The lowest BCUT2D eigenvalue weighted by molar-refractivity contribution is -0.122. The van der Waals surface area contributed by atoms with Crippen LogP contribution in [0.1, 0.15) is 6.92 Å². The van der Waals surface area contributed by atoms with E-state index in [0.717, 1.165) is 0 Å². The topological polar surface area (TPSA) is 90.7 Å². The van der Waals surface area contributed by atoms with Gasteiger partial charge < -0.3 is 20.5 Å². The molecule has 3 N–H and O–H groups in total. The molecule has 0 aliphatic rings. The summed E-state index contributed by atoms with van der Waals surface area (Å²) in [6, 6.07) is 11.3. The van der Waals surface area contributed by atoms with Gasteiger partial charge in [-0.15, -0.1) is 0 Å². The lowest BCUT2D eigenvalue weighted by Crippen LogP contribution is -2.30. The first-order valence-corrected chi connectivity index (χ1v) is 8.04. The lowest BCUT2D eigenvalue weighted by Gasteiger charge is -2.16. The highest BCUT2D eigenvalue weighted by Gasteiger charge is 2.16. The summed E-state index contributed by atoms with van der Waals surface area (Å²) in [4.78, 5) is 23.0. The van der Waals surface area contributed by atoms with Crippen LogP contribution in [0.3, 0.4) is 0 Å². The number of halogens is 2. The highest BCUT2D eigenvalue weighted by atomic mass is 35.5. The Labute approximate surface area is 154 Å². The number of hydrogen-bond donors (Lipinski definition) is 2. The third-order valence-corrected chi connectivity index (χ3v) is 3.58. The minimum Gasteiger partial charge on any atom is -0.484 e. The predicted molar refractivity (Wildman–Crippen MR) is 96.3 cm³/mol. The van der Waals surface area contributed by atoms with E-state index in [0.29, 0.717) is 27.2 Å². The highest BCUT2D eigenvalue weighted by molar-refractivity contribution is 6.35. The SMILES string of the molecule is CC(Oc1ccc(Cl)cc1Cl)C(=O)Nc1cccc(OCC(N)=O)c1. The molecule has 0 aromatic heterocycles. The first-order chi connectivity index (χ1) is 11.8. The third-order valence-electron chi connectivity index (χ3n) is 3.05. The van der Waals surface area contributed by atoms with E-state index in [9.17, 15) is 9.59 Å². The minimum absolute atomic E-state index is 0.244. The molecule has 6 nitrogen and oxygen atoms in total. The molecule has 8 heteroatoms. The maximum atomic E-state index is 12.3. The largest absolute Gasteiger partial charge is 0.484 e. The third kappa shape index (κ3) is 5.85. The molecule has 0 aliphatic carbocycles. The zero-order valence-electron chi connectivity index (χ0n) is 13.3. The Kier molecular flexibility index (Phi) is 6.50. The molecule has 0 saturated heterocycles. The number of nitrogens with two attached hydrogens (primary N) is 1. The van der Waals surface area contributed by atoms with E-state index in [1.54, 1.807) is 43.3 Å². The molecule has 1 unspecified atom stereocenters. The lowest BCUT2D eigenvalue weighted by atomic mass is 10.2. The molecule has 2 rings (SSSR count). The summed E-state index contributed by atoms with van der Waals surface area (Å²) >= 11 is 11.8. The molecule has 0 radical (unpaired) electrons. The van der Waals surface area contributed by atoms with Gasteiger partial charge in [0.2, 0.25) is 0 Å². The van der Waals surface area contributed by atoms with Gasteiger partial charge >= 0.3 is 0 Å². The molecule has 0 fully saturated rings. The van der Waals surface area contributed by atoms with Crippen molar-refractivity contribution in [1.29, 1.82) is 0 Å². The van der Waals surface area contributed by atoms with Crippen LogP contribution in [-0.2, 0) is 9.59 Å². The van der Waals surface area contributed by atoms with E-state index in [1.165, 1.54) is 6.07 Å². The molecule has 25 heavy (non-hydrogen) atoms. The van der Waals surface area contributed by atoms with E-state index >= 15 is 0 Å². The van der Waals surface area contributed by atoms with Crippen LogP contribution < -0.4 is 20.5 Å². The van der Waals surface area contributed by atoms with Gasteiger partial charge in [-0.1, -0.05) is 29.3 Å². The number of amides is 2. The normalized spacial score (nSPS) is 11.5. The van der Waals surface area contributed by atoms with E-state index in [4.69, 9.17) is 38.4 Å². The average molecular weight is 383 g/mol. The molecule has 0 bridgehead atoms. The fourth-order valence-corrected chi connectivity index (χ4v) is 2.33. The molecular formula is C17H16Cl2N2O4. The van der Waals surface area contributed by atoms with Crippen LogP contribution in [0.5, 0.6) is 11.5 Å². The maximum Gasteiger partial charge on any atom is 0.265 e. The number of anilines is 1. The second-order valence-corrected chi connectivity index (χ2v) is 5.95. The van der Waals surface area contributed by atoms with Crippen molar-refractivity contribution in [3.8, 4) is 11.5 Å². The Morgan fingerprint density at radius 2 is 1.96 bits per heavy atom. The van der Waals surface area contributed by atoms with Crippen LogP contribution >= 0.6 is 23.2 Å². The van der Waals surface area contributed by atoms with Crippen molar-refractivity contribution < 1.29 is 19.1 Å². The predicted octanol–water partition coefficient (Wildman–Crippen LogP) is 3.26. The van der Waals surface area contributed by atoms with Crippen molar-refractivity contribution >= 4 is 40.7 Å². The Balaban J connectivity index is 1.98. The molecule has 1 atom stereocenters. The van der Waals surface area contributed by atoms with Crippen molar-refractivity contribution in [2.24, 2.45) is 5.73 Å². The number of carbonyl (C=O) groups is 2. The van der Waals surface area contributed by atoms with Crippen LogP contribution in [0, 0.1) is 0 Å². The van der Waals surface area contributed by atoms with Crippen LogP contribution in [0.25, 0.3) is 0 Å². The summed E-state index contributed by atoms with van der Waals surface area (Å²) in [6.07, 6.45) is -0.797. The Bertz CT molecular complexity index is 783. The molecule has 2 aromatic carbocycles. The zero-order valence-corrected chi connectivity index (χ0v) is 14.8. The number of ether oxygens (including phenoxy) is 2. The van der Waals surface area contributed by atoms with Gasteiger partial charge in [0.1, 0.15) is 11.5 Å². The maximum absolute atomic E-state index is 12.3. The van der Waals surface area contributed by atoms with Gasteiger partial charge in [0.25, 0.3) is 11.8 Å². The summed E-state index contributed by atoms with van der Waals surface area (Å²) in [7, 11) is 0. The van der Waals surface area contributed by atoms with Crippen molar-refractivity contribution in [2.45, 2.75) is 13.0 Å². The Morgan fingerprint density at radius 3 is 2.64 bits per heavy atom. The molecule has 0 spiro atoms. The number of hydrogen-bond acceptors (Lipinski definition) is 4. The quantitative estimate of drug-likeness (QED) is 0.768. The van der Waals surface area contributed by atoms with Gasteiger partial charge in [-0.3, -0.25) is 9.59 Å². The first kappa shape index (κ1) is 18.9. The number of rotatable bonds is 7. The minimum atomic E-state index is -0.797. The van der Waals surface area contributed by atoms with Crippen molar-refractivity contribution in [3.63, 3.8) is 0 Å². The van der Waals surface area contributed by atoms with Crippen LogP contribution in [0.2, 0.25) is 10.0 Å². The number of nitrogens with one attached hydrogen (secondary N) is 1. The summed E-state index contributed by atoms with van der Waals surface area (Å²) in [5.41, 5.74) is 5.51. The summed E-state index contributed by atoms with van der Waals surface area (Å²) in [5, 5.41) is 3.48. The molecule has 0 heterocycles. The van der Waals surface area contributed by atoms with E-state index < -0.39 is 12.0 Å². The van der Waals surface area contributed by atoms with E-state index in [-0.39, 0.29) is 12.5 Å². The van der Waals surface area contributed by atoms with Crippen molar-refractivity contribution in [3.05, 3.63) is 52.5 Å². The molecule has 2 aromatic rings. The standard InChI is InChI=1S/C17H16Cl2N2O4/c1-10(25-15-6-5-11(18)7-14(15)19)17(23)21-12-3-2-4-13(8-12)24-9-16(20)22/h2-8,10H,9H2,1H3,(H2,20,22)(H,21,23). The average Bonchev–Trinajstić information content (AvgIpc) is 2.55. The van der Waals surface area contributed by atoms with E-state index in [1.807, 2.05) is 0 Å². The monoisotopic (exact) mass is 382 g/mol. The first-order valence-electron chi connectivity index (χ1n) is 7.29. The summed E-state index contributed by atoms with van der Waals surface area (Å²) in [5.74, 6) is -0.201. The molecule has 0 saturated carbocycles.